The van der Waals surface area contributed by atoms with Crippen molar-refractivity contribution in [2.75, 3.05) is 0 Å². The van der Waals surface area contributed by atoms with E-state index in [0.717, 1.165) is 12.3 Å². The van der Waals surface area contributed by atoms with Gasteiger partial charge in [0, 0.05) is 0 Å². The van der Waals surface area contributed by atoms with Crippen molar-refractivity contribution >= 4 is 0 Å². The minimum atomic E-state index is 0.418. The van der Waals surface area contributed by atoms with E-state index in [0.29, 0.717) is 17.9 Å². The van der Waals surface area contributed by atoms with Gasteiger partial charge in [-0.2, -0.15) is 0 Å². The van der Waals surface area contributed by atoms with E-state index in [2.05, 4.69) is 33.8 Å². The van der Waals surface area contributed by atoms with Crippen LogP contribution in [0.15, 0.2) is 12.3 Å². The largest absolute Gasteiger partial charge is 0.498 e. The van der Waals surface area contributed by atoms with Gasteiger partial charge in [-0.1, -0.05) is 27.7 Å². The second kappa shape index (κ2) is 3.97. The van der Waals surface area contributed by atoms with Crippen molar-refractivity contribution in [2.45, 2.75) is 40.2 Å². The highest BCUT2D eigenvalue weighted by atomic mass is 16.5. The summed E-state index contributed by atoms with van der Waals surface area (Å²) in [6.07, 6.45) is 5.60. The average Bonchev–Trinajstić information content (AvgIpc) is 2.19. The van der Waals surface area contributed by atoms with Crippen LogP contribution < -0.4 is 0 Å². The van der Waals surface area contributed by atoms with Gasteiger partial charge in [-0.05, 0) is 30.3 Å². The smallest absolute Gasteiger partial charge is 0.100 e. The van der Waals surface area contributed by atoms with Gasteiger partial charge in [0.2, 0.25) is 0 Å². The van der Waals surface area contributed by atoms with Crippen LogP contribution in [0.5, 0.6) is 0 Å². The second-order valence-electron chi connectivity index (χ2n) is 3.99. The van der Waals surface area contributed by atoms with Crippen LogP contribution in [0, 0.1) is 17.8 Å². The van der Waals surface area contributed by atoms with E-state index < -0.39 is 0 Å². The van der Waals surface area contributed by atoms with Crippen LogP contribution in [0.2, 0.25) is 0 Å². The summed E-state index contributed by atoms with van der Waals surface area (Å²) in [5.74, 6) is 2.05. The summed E-state index contributed by atoms with van der Waals surface area (Å²) in [7, 11) is 0. The fourth-order valence-electron chi connectivity index (χ4n) is 1.85. The predicted octanol–water partition coefficient (Wildman–Crippen LogP) is 3.22. The zero-order valence-electron chi connectivity index (χ0n) is 8.58. The van der Waals surface area contributed by atoms with E-state index in [1.165, 1.54) is 0 Å². The van der Waals surface area contributed by atoms with Gasteiger partial charge >= 0.3 is 0 Å². The van der Waals surface area contributed by atoms with Gasteiger partial charge in [-0.25, -0.2) is 0 Å². The van der Waals surface area contributed by atoms with Crippen LogP contribution in [0.1, 0.15) is 34.1 Å². The maximum Gasteiger partial charge on any atom is 0.100 e. The van der Waals surface area contributed by atoms with Crippen molar-refractivity contribution in [3.8, 4) is 0 Å². The Hall–Kier alpha value is -0.460. The fraction of sp³-hybridized carbons (Fsp3) is 0.818. The van der Waals surface area contributed by atoms with Crippen LogP contribution in [0.4, 0.5) is 0 Å². The maximum absolute atomic E-state index is 5.62. The number of ether oxygens (including phenoxy) is 1. The lowest BCUT2D eigenvalue weighted by molar-refractivity contribution is 0.0690. The first-order valence-corrected chi connectivity index (χ1v) is 4.99. The summed E-state index contributed by atoms with van der Waals surface area (Å²) < 4.78 is 5.62. The van der Waals surface area contributed by atoms with Crippen molar-refractivity contribution in [3.05, 3.63) is 12.3 Å². The summed E-state index contributed by atoms with van der Waals surface area (Å²) in [5, 5.41) is 0. The molecule has 0 spiro atoms. The van der Waals surface area contributed by atoms with Gasteiger partial charge in [0.1, 0.15) is 6.10 Å². The molecule has 4 unspecified atom stereocenters. The number of hydrogen-bond acceptors (Lipinski definition) is 1. The Kier molecular flexibility index (Phi) is 3.19. The lowest BCUT2D eigenvalue weighted by atomic mass is 9.82. The average molecular weight is 168 g/mol. The Morgan fingerprint density at radius 3 is 2.42 bits per heavy atom. The molecule has 0 aromatic rings. The molecule has 1 rings (SSSR count). The molecule has 1 aliphatic rings. The summed E-state index contributed by atoms with van der Waals surface area (Å²) >= 11 is 0. The van der Waals surface area contributed by atoms with Crippen molar-refractivity contribution in [2.24, 2.45) is 17.8 Å². The van der Waals surface area contributed by atoms with Crippen molar-refractivity contribution in [1.29, 1.82) is 0 Å². The molecular weight excluding hydrogens is 148 g/mol. The molecule has 1 aliphatic heterocycles. The van der Waals surface area contributed by atoms with Gasteiger partial charge in [-0.3, -0.25) is 0 Å². The van der Waals surface area contributed by atoms with E-state index in [1.807, 2.05) is 6.26 Å². The second-order valence-corrected chi connectivity index (χ2v) is 3.99. The molecule has 0 aromatic carbocycles. The standard InChI is InChI=1S/C11H20O/c1-5-11-10(4)9(3)8(2)6-7-12-11/h6-11H,5H2,1-4H3. The lowest BCUT2D eigenvalue weighted by Crippen LogP contribution is -2.25. The van der Waals surface area contributed by atoms with Gasteiger partial charge in [-0.15, -0.1) is 0 Å². The van der Waals surface area contributed by atoms with Gasteiger partial charge < -0.3 is 4.74 Å². The molecule has 0 saturated carbocycles. The molecule has 0 radical (unpaired) electrons. The Labute approximate surface area is 75.8 Å². The third-order valence-corrected chi connectivity index (χ3v) is 3.28. The van der Waals surface area contributed by atoms with Crippen LogP contribution in [-0.4, -0.2) is 6.10 Å². The van der Waals surface area contributed by atoms with E-state index in [-0.39, 0.29) is 0 Å². The van der Waals surface area contributed by atoms with Crippen molar-refractivity contribution < 1.29 is 4.74 Å². The summed E-state index contributed by atoms with van der Waals surface area (Å²) in [4.78, 5) is 0. The third kappa shape index (κ3) is 1.82. The van der Waals surface area contributed by atoms with E-state index >= 15 is 0 Å². The highest BCUT2D eigenvalue weighted by molar-refractivity contribution is 4.91. The molecule has 1 heteroatoms. The zero-order valence-corrected chi connectivity index (χ0v) is 8.58. The summed E-state index contributed by atoms with van der Waals surface area (Å²) in [6.45, 7) is 9.07. The Balaban J connectivity index is 2.68. The molecule has 1 heterocycles. The Morgan fingerprint density at radius 1 is 1.17 bits per heavy atom. The number of allylic oxidation sites excluding steroid dienone is 1. The molecule has 0 saturated heterocycles. The molecule has 0 fully saturated rings. The van der Waals surface area contributed by atoms with Crippen LogP contribution >= 0.6 is 0 Å². The van der Waals surface area contributed by atoms with E-state index in [1.54, 1.807) is 0 Å². The van der Waals surface area contributed by atoms with Crippen LogP contribution in [0.25, 0.3) is 0 Å². The molecule has 0 aliphatic carbocycles. The van der Waals surface area contributed by atoms with Crippen LogP contribution in [0.3, 0.4) is 0 Å². The maximum atomic E-state index is 5.62. The summed E-state index contributed by atoms with van der Waals surface area (Å²) in [5.41, 5.74) is 0. The van der Waals surface area contributed by atoms with E-state index in [9.17, 15) is 0 Å². The highest BCUT2D eigenvalue weighted by Crippen LogP contribution is 2.29. The first-order valence-electron chi connectivity index (χ1n) is 4.99. The van der Waals surface area contributed by atoms with Crippen molar-refractivity contribution in [1.82, 2.24) is 0 Å². The minimum absolute atomic E-state index is 0.418. The zero-order chi connectivity index (χ0) is 9.14. The topological polar surface area (TPSA) is 9.23 Å². The molecule has 0 N–H and O–H groups in total. The molecule has 0 amide bonds. The monoisotopic (exact) mass is 168 g/mol. The molecule has 1 nitrogen and oxygen atoms in total. The Morgan fingerprint density at radius 2 is 1.83 bits per heavy atom. The predicted molar refractivity (Wildman–Crippen MR) is 51.8 cm³/mol. The quantitative estimate of drug-likeness (QED) is 0.584. The number of rotatable bonds is 1. The minimum Gasteiger partial charge on any atom is -0.498 e. The Bertz CT molecular complexity index is 160. The molecule has 70 valence electrons. The highest BCUT2D eigenvalue weighted by Gasteiger charge is 2.27. The number of hydrogen-bond donors (Lipinski definition) is 0. The van der Waals surface area contributed by atoms with Gasteiger partial charge in [0.15, 0.2) is 0 Å². The lowest BCUT2D eigenvalue weighted by Gasteiger charge is -2.27. The molecule has 0 bridgehead atoms. The van der Waals surface area contributed by atoms with Gasteiger partial charge in [0.25, 0.3) is 0 Å². The molecule has 0 aromatic heterocycles. The molecule has 12 heavy (non-hydrogen) atoms. The molecular formula is C11H20O. The summed E-state index contributed by atoms with van der Waals surface area (Å²) in [6, 6.07) is 0. The normalized spacial score (nSPS) is 42.0. The third-order valence-electron chi connectivity index (χ3n) is 3.28. The van der Waals surface area contributed by atoms with E-state index in [4.69, 9.17) is 4.74 Å². The fourth-order valence-corrected chi connectivity index (χ4v) is 1.85. The first kappa shape index (κ1) is 9.63. The van der Waals surface area contributed by atoms with Crippen molar-refractivity contribution in [3.63, 3.8) is 0 Å². The SMILES string of the molecule is CCC1OC=CC(C)C(C)C1C. The molecule has 4 atom stereocenters. The van der Waals surface area contributed by atoms with Gasteiger partial charge in [0.05, 0.1) is 6.26 Å². The first-order chi connectivity index (χ1) is 5.66. The van der Waals surface area contributed by atoms with Crippen LogP contribution in [-0.2, 0) is 4.74 Å².